The zero-order valence-electron chi connectivity index (χ0n) is 14.7. The summed E-state index contributed by atoms with van der Waals surface area (Å²) in [5.41, 5.74) is 1.60. The fourth-order valence-corrected chi connectivity index (χ4v) is 4.33. The van der Waals surface area contributed by atoms with Crippen molar-refractivity contribution in [2.75, 3.05) is 0 Å². The van der Waals surface area contributed by atoms with Gasteiger partial charge in [0.25, 0.3) is 5.69 Å². The molecule has 0 saturated carbocycles. The van der Waals surface area contributed by atoms with E-state index in [1.807, 2.05) is 30.3 Å². The highest BCUT2D eigenvalue weighted by Crippen LogP contribution is 2.39. The number of nitrogens with zero attached hydrogens (tertiary/aromatic N) is 1. The van der Waals surface area contributed by atoms with Gasteiger partial charge in [-0.1, -0.05) is 70.5 Å². The molecule has 0 heterocycles. The third kappa shape index (κ3) is 2.57. The molecular weight excluding hydrogens is 414 g/mol. The predicted octanol–water partition coefficient (Wildman–Crippen LogP) is 7.48. The van der Waals surface area contributed by atoms with Gasteiger partial charge >= 0.3 is 0 Å². The van der Waals surface area contributed by atoms with E-state index in [1.165, 1.54) is 16.2 Å². The van der Waals surface area contributed by atoms with E-state index < -0.39 is 0 Å². The van der Waals surface area contributed by atoms with Gasteiger partial charge in [-0.25, -0.2) is 0 Å². The first-order valence-electron chi connectivity index (χ1n) is 8.91. The molecule has 5 rings (SSSR count). The maximum atomic E-state index is 11.5. The lowest BCUT2D eigenvalue weighted by Crippen LogP contribution is -1.92. The number of nitro benzene ring substituents is 1. The standard InChI is InChI=1S/C24H14BrNO2/c25-16-10-12-21-20-11-9-15(17-5-3-4-8-24(17)26(27)28)13-22(20)18-6-1-2-7-19(18)23(21)14-16/h1-14H. The fraction of sp³-hybridized carbons (Fsp3) is 0. The molecule has 0 saturated heterocycles. The Bertz CT molecular complexity index is 1390. The van der Waals surface area contributed by atoms with Crippen LogP contribution in [-0.4, -0.2) is 4.92 Å². The van der Waals surface area contributed by atoms with E-state index >= 15 is 0 Å². The van der Waals surface area contributed by atoms with Crippen molar-refractivity contribution in [3.63, 3.8) is 0 Å². The topological polar surface area (TPSA) is 43.1 Å². The van der Waals surface area contributed by atoms with Crippen LogP contribution >= 0.6 is 15.9 Å². The summed E-state index contributed by atoms with van der Waals surface area (Å²) >= 11 is 3.58. The number of benzene rings is 5. The molecule has 0 amide bonds. The molecule has 0 unspecified atom stereocenters. The van der Waals surface area contributed by atoms with Crippen molar-refractivity contribution in [1.82, 2.24) is 0 Å². The second kappa shape index (κ2) is 6.43. The summed E-state index contributed by atoms with van der Waals surface area (Å²) < 4.78 is 1.04. The molecule has 3 nitrogen and oxygen atoms in total. The average Bonchev–Trinajstić information content (AvgIpc) is 2.73. The summed E-state index contributed by atoms with van der Waals surface area (Å²) in [4.78, 5) is 11.2. The van der Waals surface area contributed by atoms with Crippen molar-refractivity contribution in [3.8, 4) is 11.1 Å². The van der Waals surface area contributed by atoms with Crippen LogP contribution in [0, 0.1) is 10.1 Å². The fourth-order valence-electron chi connectivity index (χ4n) is 3.97. The average molecular weight is 428 g/mol. The van der Waals surface area contributed by atoms with Gasteiger partial charge in [0, 0.05) is 10.5 Å². The quantitative estimate of drug-likeness (QED) is 0.166. The lowest BCUT2D eigenvalue weighted by atomic mass is 9.92. The molecule has 5 aromatic carbocycles. The highest BCUT2D eigenvalue weighted by molar-refractivity contribution is 9.10. The van der Waals surface area contributed by atoms with Crippen molar-refractivity contribution < 1.29 is 4.92 Å². The minimum atomic E-state index is -0.324. The van der Waals surface area contributed by atoms with Gasteiger partial charge in [0.1, 0.15) is 0 Å². The first-order valence-corrected chi connectivity index (χ1v) is 9.70. The normalized spacial score (nSPS) is 11.3. The van der Waals surface area contributed by atoms with Gasteiger partial charge in [0.2, 0.25) is 0 Å². The number of fused-ring (bicyclic) bond motifs is 6. The van der Waals surface area contributed by atoms with Gasteiger partial charge in [-0.3, -0.25) is 10.1 Å². The minimum absolute atomic E-state index is 0.121. The number of hydrogen-bond acceptors (Lipinski definition) is 2. The zero-order chi connectivity index (χ0) is 19.3. The van der Waals surface area contributed by atoms with Gasteiger partial charge < -0.3 is 0 Å². The molecule has 0 aromatic heterocycles. The molecule has 0 atom stereocenters. The largest absolute Gasteiger partial charge is 0.277 e. The third-order valence-corrected chi connectivity index (χ3v) is 5.70. The summed E-state index contributed by atoms with van der Waals surface area (Å²) in [7, 11) is 0. The minimum Gasteiger partial charge on any atom is -0.258 e. The maximum absolute atomic E-state index is 11.5. The maximum Gasteiger partial charge on any atom is 0.277 e. The Morgan fingerprint density at radius 1 is 0.643 bits per heavy atom. The highest BCUT2D eigenvalue weighted by Gasteiger charge is 2.16. The molecule has 0 bridgehead atoms. The van der Waals surface area contributed by atoms with Gasteiger partial charge in [0.15, 0.2) is 0 Å². The zero-order valence-corrected chi connectivity index (χ0v) is 16.3. The molecule has 0 spiro atoms. The first-order chi connectivity index (χ1) is 13.6. The number of halogens is 1. The Balaban J connectivity index is 1.92. The van der Waals surface area contributed by atoms with Crippen molar-refractivity contribution in [3.05, 3.63) is 99.5 Å². The molecule has 0 radical (unpaired) electrons. The van der Waals surface area contributed by atoms with E-state index in [0.29, 0.717) is 5.56 Å². The van der Waals surface area contributed by atoms with Crippen molar-refractivity contribution >= 4 is 53.9 Å². The number of nitro groups is 1. The van der Waals surface area contributed by atoms with Crippen molar-refractivity contribution in [2.24, 2.45) is 0 Å². The number of rotatable bonds is 2. The Morgan fingerprint density at radius 2 is 1.21 bits per heavy atom. The lowest BCUT2D eigenvalue weighted by Gasteiger charge is -2.12. The van der Waals surface area contributed by atoms with Crippen LogP contribution in [0.4, 0.5) is 5.69 Å². The summed E-state index contributed by atoms with van der Waals surface area (Å²) in [5, 5.41) is 18.4. The Morgan fingerprint density at radius 3 is 1.93 bits per heavy atom. The SMILES string of the molecule is O=[N+]([O-])c1ccccc1-c1ccc2c3ccc(Br)cc3c3ccccc3c2c1. The van der Waals surface area contributed by atoms with Gasteiger partial charge in [-0.05, 0) is 62.1 Å². The molecule has 0 aliphatic rings. The summed E-state index contributed by atoms with van der Waals surface area (Å²) in [6.07, 6.45) is 0. The number of para-hydroxylation sites is 1. The van der Waals surface area contributed by atoms with E-state index in [4.69, 9.17) is 0 Å². The van der Waals surface area contributed by atoms with Crippen LogP contribution in [0.2, 0.25) is 0 Å². The second-order valence-electron chi connectivity index (χ2n) is 6.77. The molecule has 0 aliphatic heterocycles. The van der Waals surface area contributed by atoms with Crippen LogP contribution in [0.25, 0.3) is 43.4 Å². The molecule has 4 heteroatoms. The van der Waals surface area contributed by atoms with Crippen LogP contribution in [0.1, 0.15) is 0 Å². The summed E-state index contributed by atoms with van der Waals surface area (Å²) in [6.45, 7) is 0. The monoisotopic (exact) mass is 427 g/mol. The van der Waals surface area contributed by atoms with E-state index in [0.717, 1.165) is 26.2 Å². The van der Waals surface area contributed by atoms with Gasteiger partial charge in [-0.15, -0.1) is 0 Å². The molecular formula is C24H14BrNO2. The number of hydrogen-bond donors (Lipinski definition) is 0. The van der Waals surface area contributed by atoms with Crippen LogP contribution in [-0.2, 0) is 0 Å². The van der Waals surface area contributed by atoms with Crippen LogP contribution in [0.5, 0.6) is 0 Å². The van der Waals surface area contributed by atoms with Gasteiger partial charge in [0.05, 0.1) is 10.5 Å². The molecule has 0 aliphatic carbocycles. The molecule has 0 fully saturated rings. The highest BCUT2D eigenvalue weighted by atomic mass is 79.9. The Labute approximate surface area is 169 Å². The van der Waals surface area contributed by atoms with Crippen LogP contribution < -0.4 is 0 Å². The predicted molar refractivity (Wildman–Crippen MR) is 119 cm³/mol. The molecule has 134 valence electrons. The summed E-state index contributed by atoms with van der Waals surface area (Å²) in [5.74, 6) is 0. The Hall–Kier alpha value is -3.24. The van der Waals surface area contributed by atoms with E-state index in [2.05, 4.69) is 52.3 Å². The lowest BCUT2D eigenvalue weighted by molar-refractivity contribution is -0.384. The van der Waals surface area contributed by atoms with E-state index in [1.54, 1.807) is 18.2 Å². The van der Waals surface area contributed by atoms with E-state index in [9.17, 15) is 10.1 Å². The molecule has 5 aromatic rings. The van der Waals surface area contributed by atoms with Crippen molar-refractivity contribution in [1.29, 1.82) is 0 Å². The second-order valence-corrected chi connectivity index (χ2v) is 7.69. The van der Waals surface area contributed by atoms with E-state index in [-0.39, 0.29) is 10.6 Å². The van der Waals surface area contributed by atoms with Crippen molar-refractivity contribution in [2.45, 2.75) is 0 Å². The van der Waals surface area contributed by atoms with Crippen LogP contribution in [0.15, 0.2) is 89.4 Å². The van der Waals surface area contributed by atoms with Crippen LogP contribution in [0.3, 0.4) is 0 Å². The smallest absolute Gasteiger partial charge is 0.258 e. The summed E-state index contributed by atoms with van der Waals surface area (Å²) in [6, 6.07) is 27.6. The van der Waals surface area contributed by atoms with Gasteiger partial charge in [-0.2, -0.15) is 0 Å². The molecule has 28 heavy (non-hydrogen) atoms. The Kier molecular flexibility index (Phi) is 3.88. The third-order valence-electron chi connectivity index (χ3n) is 5.21. The first kappa shape index (κ1) is 16.9. The molecule has 0 N–H and O–H groups in total.